The first kappa shape index (κ1) is 24.4. The Morgan fingerprint density at radius 3 is 2.53 bits per heavy atom. The number of para-hydroxylation sites is 1. The summed E-state index contributed by atoms with van der Waals surface area (Å²) in [5.74, 6) is -0.484. The molecular formula is C23H28ClFN4O2S. The number of nitrogens with zero attached hydrogens (tertiary/aromatic N) is 4. The Kier molecular flexibility index (Phi) is 8.42. The molecule has 0 atom stereocenters. The maximum absolute atomic E-state index is 14.2. The zero-order valence-electron chi connectivity index (χ0n) is 18.3. The molecule has 0 spiro atoms. The van der Waals surface area contributed by atoms with Crippen molar-refractivity contribution >= 4 is 50.7 Å². The van der Waals surface area contributed by atoms with Gasteiger partial charge in [-0.3, -0.25) is 14.6 Å². The van der Waals surface area contributed by atoms with Gasteiger partial charge in [0.2, 0.25) is 0 Å². The molecule has 3 aromatic rings. The third-order valence-electron chi connectivity index (χ3n) is 5.42. The second-order valence-corrected chi connectivity index (χ2v) is 8.80. The van der Waals surface area contributed by atoms with Crippen LogP contribution in [0.15, 0.2) is 42.5 Å². The molecule has 32 heavy (non-hydrogen) atoms. The number of aromatic nitrogens is 1. The van der Waals surface area contributed by atoms with Crippen molar-refractivity contribution in [2.45, 2.75) is 6.42 Å². The molecule has 0 radical (unpaired) electrons. The molecule has 0 unspecified atom stereocenters. The lowest BCUT2D eigenvalue weighted by molar-refractivity contribution is 0.0376. The molecule has 1 aliphatic rings. The largest absolute Gasteiger partial charge is 0.379 e. The van der Waals surface area contributed by atoms with E-state index >= 15 is 0 Å². The van der Waals surface area contributed by atoms with Crippen LogP contribution in [0.5, 0.6) is 0 Å². The SMILES string of the molecule is CN(C)c1ccc(C(=O)N(CCCN2CCOCC2)c2nc3c(F)cccc3s2)cc1.Cl. The smallest absolute Gasteiger partial charge is 0.260 e. The quantitative estimate of drug-likeness (QED) is 0.507. The highest BCUT2D eigenvalue weighted by molar-refractivity contribution is 7.22. The van der Waals surface area contributed by atoms with Crippen LogP contribution in [0.25, 0.3) is 10.2 Å². The van der Waals surface area contributed by atoms with Crippen LogP contribution in [0.1, 0.15) is 16.8 Å². The van der Waals surface area contributed by atoms with E-state index in [9.17, 15) is 9.18 Å². The molecule has 0 aliphatic carbocycles. The molecule has 9 heteroatoms. The van der Waals surface area contributed by atoms with Crippen molar-refractivity contribution in [1.29, 1.82) is 0 Å². The van der Waals surface area contributed by atoms with Gasteiger partial charge < -0.3 is 9.64 Å². The fraction of sp³-hybridized carbons (Fsp3) is 0.391. The minimum atomic E-state index is -0.365. The fourth-order valence-corrected chi connectivity index (χ4v) is 4.64. The highest BCUT2D eigenvalue weighted by Crippen LogP contribution is 2.31. The first-order chi connectivity index (χ1) is 15.0. The summed E-state index contributed by atoms with van der Waals surface area (Å²) in [4.78, 5) is 23.9. The summed E-state index contributed by atoms with van der Waals surface area (Å²) in [7, 11) is 3.93. The van der Waals surface area contributed by atoms with Gasteiger partial charge in [0.05, 0.1) is 17.9 Å². The van der Waals surface area contributed by atoms with Gasteiger partial charge in [0, 0.05) is 51.5 Å². The lowest BCUT2D eigenvalue weighted by Crippen LogP contribution is -2.39. The summed E-state index contributed by atoms with van der Waals surface area (Å²) in [6, 6.07) is 12.4. The van der Waals surface area contributed by atoms with Gasteiger partial charge in [-0.05, 0) is 42.8 Å². The van der Waals surface area contributed by atoms with E-state index in [2.05, 4.69) is 9.88 Å². The summed E-state index contributed by atoms with van der Waals surface area (Å²) >= 11 is 1.35. The van der Waals surface area contributed by atoms with Gasteiger partial charge >= 0.3 is 0 Å². The number of anilines is 2. The van der Waals surface area contributed by atoms with Crippen LogP contribution in [-0.2, 0) is 4.74 Å². The molecule has 1 aliphatic heterocycles. The van der Waals surface area contributed by atoms with Crippen LogP contribution in [-0.4, -0.2) is 69.3 Å². The van der Waals surface area contributed by atoms with Crippen molar-refractivity contribution in [2.75, 3.05) is 63.3 Å². The Morgan fingerprint density at radius 1 is 1.16 bits per heavy atom. The number of hydrogen-bond donors (Lipinski definition) is 0. The summed E-state index contributed by atoms with van der Waals surface area (Å²) in [6.45, 7) is 4.72. The second kappa shape index (κ2) is 11.0. The number of morpholine rings is 1. The van der Waals surface area contributed by atoms with Gasteiger partial charge in [-0.2, -0.15) is 0 Å². The van der Waals surface area contributed by atoms with E-state index in [-0.39, 0.29) is 24.1 Å². The van der Waals surface area contributed by atoms with Gasteiger partial charge in [0.1, 0.15) is 11.3 Å². The zero-order valence-corrected chi connectivity index (χ0v) is 19.9. The van der Waals surface area contributed by atoms with E-state index in [1.807, 2.05) is 49.3 Å². The molecule has 1 amide bonds. The van der Waals surface area contributed by atoms with E-state index in [4.69, 9.17) is 4.74 Å². The van der Waals surface area contributed by atoms with Crippen LogP contribution >= 0.6 is 23.7 Å². The zero-order chi connectivity index (χ0) is 21.8. The minimum absolute atomic E-state index is 0. The average molecular weight is 479 g/mol. The Labute approximate surface area is 198 Å². The van der Waals surface area contributed by atoms with Crippen LogP contribution in [0, 0.1) is 5.82 Å². The first-order valence-electron chi connectivity index (χ1n) is 10.5. The molecule has 6 nitrogen and oxygen atoms in total. The number of carbonyl (C=O) groups is 1. The highest BCUT2D eigenvalue weighted by atomic mass is 35.5. The van der Waals surface area contributed by atoms with Crippen LogP contribution < -0.4 is 9.80 Å². The molecule has 0 bridgehead atoms. The number of ether oxygens (including phenoxy) is 1. The predicted molar refractivity (Wildman–Crippen MR) is 131 cm³/mol. The molecule has 1 saturated heterocycles. The van der Waals surface area contributed by atoms with Gasteiger partial charge in [-0.15, -0.1) is 12.4 Å². The van der Waals surface area contributed by atoms with E-state index in [1.54, 1.807) is 11.0 Å². The maximum Gasteiger partial charge on any atom is 0.260 e. The third-order valence-corrected chi connectivity index (χ3v) is 6.47. The number of halogens is 2. The summed E-state index contributed by atoms with van der Waals surface area (Å²) in [5, 5.41) is 0.531. The number of thiazole rings is 1. The third kappa shape index (κ3) is 5.56. The Balaban J connectivity index is 0.00000289. The number of benzene rings is 2. The van der Waals surface area contributed by atoms with Crippen molar-refractivity contribution in [3.8, 4) is 0 Å². The van der Waals surface area contributed by atoms with Gasteiger partial charge in [0.25, 0.3) is 5.91 Å². The standard InChI is InChI=1S/C23H27FN4O2S.ClH/c1-26(2)18-9-7-17(8-10-18)22(29)28(12-4-11-27-13-15-30-16-14-27)23-25-21-19(24)5-3-6-20(21)31-23;/h3,5-10H,4,11-16H2,1-2H3;1H. The predicted octanol–water partition coefficient (Wildman–Crippen LogP) is 4.29. The van der Waals surface area contributed by atoms with Crippen LogP contribution in [0.3, 0.4) is 0 Å². The minimum Gasteiger partial charge on any atom is -0.379 e. The summed E-state index contributed by atoms with van der Waals surface area (Å²) in [5.41, 5.74) is 1.94. The molecule has 1 fully saturated rings. The first-order valence-corrected chi connectivity index (χ1v) is 11.3. The van der Waals surface area contributed by atoms with Crippen LogP contribution in [0.4, 0.5) is 15.2 Å². The second-order valence-electron chi connectivity index (χ2n) is 7.79. The number of amides is 1. The van der Waals surface area contributed by atoms with Gasteiger partial charge in [-0.25, -0.2) is 9.37 Å². The number of fused-ring (bicyclic) bond motifs is 1. The molecule has 2 aromatic carbocycles. The normalized spacial score (nSPS) is 14.2. The highest BCUT2D eigenvalue weighted by Gasteiger charge is 2.22. The Morgan fingerprint density at radius 2 is 1.88 bits per heavy atom. The van der Waals surface area contributed by atoms with E-state index in [1.165, 1.54) is 17.4 Å². The lowest BCUT2D eigenvalue weighted by atomic mass is 10.1. The summed E-state index contributed by atoms with van der Waals surface area (Å²) < 4.78 is 20.4. The molecule has 0 N–H and O–H groups in total. The topological polar surface area (TPSA) is 48.9 Å². The molecule has 172 valence electrons. The van der Waals surface area contributed by atoms with Crippen molar-refractivity contribution in [1.82, 2.24) is 9.88 Å². The Bertz CT molecular complexity index is 1040. The maximum atomic E-state index is 14.2. The molecule has 2 heterocycles. The number of hydrogen-bond acceptors (Lipinski definition) is 6. The van der Waals surface area contributed by atoms with E-state index in [0.717, 1.165) is 49.7 Å². The average Bonchev–Trinajstić information content (AvgIpc) is 3.22. The number of carbonyl (C=O) groups excluding carboxylic acids is 1. The van der Waals surface area contributed by atoms with Crippen LogP contribution in [0.2, 0.25) is 0 Å². The van der Waals surface area contributed by atoms with Gasteiger partial charge in [-0.1, -0.05) is 17.4 Å². The van der Waals surface area contributed by atoms with Crippen molar-refractivity contribution in [3.05, 3.63) is 53.8 Å². The molecule has 4 rings (SSSR count). The molecule has 0 saturated carbocycles. The van der Waals surface area contributed by atoms with Gasteiger partial charge in [0.15, 0.2) is 5.13 Å². The number of rotatable bonds is 7. The molecule has 1 aromatic heterocycles. The fourth-order valence-electron chi connectivity index (χ4n) is 3.64. The van der Waals surface area contributed by atoms with Crippen molar-refractivity contribution in [3.63, 3.8) is 0 Å². The monoisotopic (exact) mass is 478 g/mol. The molecular weight excluding hydrogens is 451 g/mol. The van der Waals surface area contributed by atoms with Crippen molar-refractivity contribution in [2.24, 2.45) is 0 Å². The Hall–Kier alpha value is -2.26. The summed E-state index contributed by atoms with van der Waals surface area (Å²) in [6.07, 6.45) is 0.805. The van der Waals surface area contributed by atoms with E-state index in [0.29, 0.717) is 22.8 Å². The lowest BCUT2D eigenvalue weighted by Gasteiger charge is -2.27. The van der Waals surface area contributed by atoms with Crippen molar-refractivity contribution < 1.29 is 13.9 Å². The van der Waals surface area contributed by atoms with E-state index < -0.39 is 0 Å².